The molecule has 0 unspecified atom stereocenters. The second-order valence-electron chi connectivity index (χ2n) is 3.00. The molecule has 2 aromatic rings. The van der Waals surface area contributed by atoms with Gasteiger partial charge < -0.3 is 0 Å². The summed E-state index contributed by atoms with van der Waals surface area (Å²) >= 11 is 1.16. The molecule has 0 saturated heterocycles. The summed E-state index contributed by atoms with van der Waals surface area (Å²) in [5.74, 6) is -0.304. The number of hydrogen-bond acceptors (Lipinski definition) is 3. The lowest BCUT2D eigenvalue weighted by atomic mass is 10.3. The fourth-order valence-corrected chi connectivity index (χ4v) is 2.05. The number of benzene rings is 1. The average molecular weight is 230 g/mol. The predicted molar refractivity (Wildman–Crippen MR) is 59.5 cm³/mol. The van der Waals surface area contributed by atoms with E-state index < -0.39 is 0 Å². The van der Waals surface area contributed by atoms with E-state index in [0.29, 0.717) is 15.5 Å². The lowest BCUT2D eigenvalue weighted by Gasteiger charge is -2.02. The molecule has 0 amide bonds. The molecule has 0 aliphatic rings. The molecule has 0 bridgehead atoms. The van der Waals surface area contributed by atoms with Gasteiger partial charge in [0.1, 0.15) is 16.9 Å². The standard InChI is InChI=1S/C12H7FN2S/c13-10-5-1-2-6-11(10)16-12-9(8-14)4-3-7-15-12/h1-7H. The summed E-state index contributed by atoms with van der Waals surface area (Å²) in [5.41, 5.74) is 0.454. The minimum absolute atomic E-state index is 0.304. The van der Waals surface area contributed by atoms with Crippen molar-refractivity contribution < 1.29 is 4.39 Å². The van der Waals surface area contributed by atoms with E-state index in [0.717, 1.165) is 11.8 Å². The molecule has 1 aromatic carbocycles. The fourth-order valence-electron chi connectivity index (χ4n) is 1.19. The van der Waals surface area contributed by atoms with Gasteiger partial charge >= 0.3 is 0 Å². The molecule has 1 heterocycles. The van der Waals surface area contributed by atoms with Gasteiger partial charge in [-0.2, -0.15) is 5.26 Å². The van der Waals surface area contributed by atoms with Crippen LogP contribution in [-0.2, 0) is 0 Å². The van der Waals surface area contributed by atoms with Gasteiger partial charge in [-0.3, -0.25) is 0 Å². The summed E-state index contributed by atoms with van der Waals surface area (Å²) in [4.78, 5) is 4.53. The Balaban J connectivity index is 2.35. The minimum Gasteiger partial charge on any atom is -0.248 e. The minimum atomic E-state index is -0.304. The summed E-state index contributed by atoms with van der Waals surface area (Å²) in [6, 6.07) is 11.8. The molecular formula is C12H7FN2S. The highest BCUT2D eigenvalue weighted by atomic mass is 32.2. The first kappa shape index (κ1) is 10.7. The fraction of sp³-hybridized carbons (Fsp3) is 0. The van der Waals surface area contributed by atoms with Crippen molar-refractivity contribution in [2.75, 3.05) is 0 Å². The molecule has 78 valence electrons. The van der Waals surface area contributed by atoms with Crippen LogP contribution in [0, 0.1) is 17.1 Å². The number of hydrogen-bond donors (Lipinski definition) is 0. The van der Waals surface area contributed by atoms with Gasteiger partial charge in [0.05, 0.1) is 5.56 Å². The quantitative estimate of drug-likeness (QED) is 0.794. The van der Waals surface area contributed by atoms with Crippen LogP contribution in [0.2, 0.25) is 0 Å². The highest BCUT2D eigenvalue weighted by Gasteiger charge is 2.07. The van der Waals surface area contributed by atoms with Crippen molar-refractivity contribution in [3.63, 3.8) is 0 Å². The summed E-state index contributed by atoms with van der Waals surface area (Å²) < 4.78 is 13.4. The molecule has 0 aliphatic carbocycles. The first-order valence-corrected chi connectivity index (χ1v) is 5.40. The highest BCUT2D eigenvalue weighted by Crippen LogP contribution is 2.29. The van der Waals surface area contributed by atoms with E-state index in [2.05, 4.69) is 4.98 Å². The van der Waals surface area contributed by atoms with E-state index in [9.17, 15) is 4.39 Å². The van der Waals surface area contributed by atoms with Crippen LogP contribution in [0.15, 0.2) is 52.5 Å². The van der Waals surface area contributed by atoms with Crippen molar-refractivity contribution in [2.45, 2.75) is 9.92 Å². The molecule has 0 aliphatic heterocycles. The molecule has 1 aromatic heterocycles. The van der Waals surface area contributed by atoms with E-state index in [-0.39, 0.29) is 5.82 Å². The zero-order valence-electron chi connectivity index (χ0n) is 8.22. The summed E-state index contributed by atoms with van der Waals surface area (Å²) in [7, 11) is 0. The van der Waals surface area contributed by atoms with Crippen molar-refractivity contribution in [1.82, 2.24) is 4.98 Å². The third kappa shape index (κ3) is 2.20. The second-order valence-corrected chi connectivity index (χ2v) is 4.03. The second kappa shape index (κ2) is 4.77. The number of nitrogens with zero attached hydrogens (tertiary/aromatic N) is 2. The molecule has 2 nitrogen and oxygen atoms in total. The van der Waals surface area contributed by atoms with Gasteiger partial charge in [0.2, 0.25) is 0 Å². The molecule has 0 atom stereocenters. The number of aromatic nitrogens is 1. The van der Waals surface area contributed by atoms with Crippen molar-refractivity contribution in [3.05, 3.63) is 54.0 Å². The number of nitriles is 1. The number of rotatable bonds is 2. The van der Waals surface area contributed by atoms with Gasteiger partial charge in [-0.25, -0.2) is 9.37 Å². The van der Waals surface area contributed by atoms with Crippen LogP contribution in [-0.4, -0.2) is 4.98 Å². The van der Waals surface area contributed by atoms with E-state index >= 15 is 0 Å². The lowest BCUT2D eigenvalue weighted by molar-refractivity contribution is 0.602. The SMILES string of the molecule is N#Cc1cccnc1Sc1ccccc1F. The maximum atomic E-state index is 13.4. The molecule has 0 radical (unpaired) electrons. The Labute approximate surface area is 96.8 Å². The van der Waals surface area contributed by atoms with Crippen molar-refractivity contribution in [1.29, 1.82) is 5.26 Å². The summed E-state index contributed by atoms with van der Waals surface area (Å²) in [6.45, 7) is 0. The first-order chi connectivity index (χ1) is 7.81. The summed E-state index contributed by atoms with van der Waals surface area (Å²) in [5, 5.41) is 9.39. The topological polar surface area (TPSA) is 36.7 Å². The van der Waals surface area contributed by atoms with Crippen molar-refractivity contribution in [2.24, 2.45) is 0 Å². The van der Waals surface area contributed by atoms with E-state index in [4.69, 9.17) is 5.26 Å². The normalized spacial score (nSPS) is 9.75. The van der Waals surface area contributed by atoms with Gasteiger partial charge in [-0.15, -0.1) is 0 Å². The van der Waals surface area contributed by atoms with Crippen molar-refractivity contribution in [3.8, 4) is 6.07 Å². The van der Waals surface area contributed by atoms with Gasteiger partial charge in [-0.05, 0) is 24.3 Å². The third-order valence-corrected chi connectivity index (χ3v) is 3.00. The average Bonchev–Trinajstić information content (AvgIpc) is 2.33. The molecule has 16 heavy (non-hydrogen) atoms. The molecule has 2 rings (SSSR count). The monoisotopic (exact) mass is 230 g/mol. The Morgan fingerprint density at radius 1 is 1.19 bits per heavy atom. The van der Waals surface area contributed by atoms with Gasteiger partial charge in [0, 0.05) is 11.1 Å². The largest absolute Gasteiger partial charge is 0.248 e. The maximum absolute atomic E-state index is 13.4. The smallest absolute Gasteiger partial charge is 0.137 e. The zero-order chi connectivity index (χ0) is 11.4. The van der Waals surface area contributed by atoms with Crippen LogP contribution in [0.1, 0.15) is 5.56 Å². The maximum Gasteiger partial charge on any atom is 0.137 e. The zero-order valence-corrected chi connectivity index (χ0v) is 9.04. The van der Waals surface area contributed by atoms with Crippen LogP contribution < -0.4 is 0 Å². The Morgan fingerprint density at radius 3 is 2.75 bits per heavy atom. The third-order valence-electron chi connectivity index (χ3n) is 1.93. The molecule has 4 heteroatoms. The van der Waals surface area contributed by atoms with Crippen LogP contribution >= 0.6 is 11.8 Å². The van der Waals surface area contributed by atoms with Gasteiger partial charge in [0.25, 0.3) is 0 Å². The van der Waals surface area contributed by atoms with E-state index in [1.54, 1.807) is 36.5 Å². The Kier molecular flexibility index (Phi) is 3.18. The molecule has 0 N–H and O–H groups in total. The summed E-state index contributed by atoms with van der Waals surface area (Å²) in [6.07, 6.45) is 1.59. The van der Waals surface area contributed by atoms with Crippen molar-refractivity contribution >= 4 is 11.8 Å². The number of pyridine rings is 1. The number of halogens is 1. The van der Waals surface area contributed by atoms with Crippen LogP contribution in [0.3, 0.4) is 0 Å². The van der Waals surface area contributed by atoms with Gasteiger partial charge in [0.15, 0.2) is 0 Å². The predicted octanol–water partition coefficient (Wildman–Crippen LogP) is 3.24. The van der Waals surface area contributed by atoms with Crippen LogP contribution in [0.4, 0.5) is 4.39 Å². The van der Waals surface area contributed by atoms with E-state index in [1.807, 2.05) is 6.07 Å². The first-order valence-electron chi connectivity index (χ1n) is 4.59. The van der Waals surface area contributed by atoms with E-state index in [1.165, 1.54) is 6.07 Å². The van der Waals surface area contributed by atoms with Crippen LogP contribution in [0.25, 0.3) is 0 Å². The molecule has 0 spiro atoms. The van der Waals surface area contributed by atoms with Gasteiger partial charge in [-0.1, -0.05) is 23.9 Å². The highest BCUT2D eigenvalue weighted by molar-refractivity contribution is 7.99. The molecule has 0 fully saturated rings. The molecule has 0 saturated carbocycles. The Hall–Kier alpha value is -1.86. The Bertz CT molecular complexity index is 549. The Morgan fingerprint density at radius 2 is 2.00 bits per heavy atom. The van der Waals surface area contributed by atoms with Crippen LogP contribution in [0.5, 0.6) is 0 Å². The lowest BCUT2D eigenvalue weighted by Crippen LogP contribution is -1.86. The molecular weight excluding hydrogens is 223 g/mol.